The van der Waals surface area contributed by atoms with Crippen molar-refractivity contribution in [2.75, 3.05) is 41.0 Å². The van der Waals surface area contributed by atoms with Crippen LogP contribution in [0, 0.1) is 11.8 Å². The number of nitrogens with one attached hydrogen (secondary N) is 1. The third kappa shape index (κ3) is 3.80. The average Bonchev–Trinajstić information content (AvgIpc) is 3.26. The first kappa shape index (κ1) is 19.3. The molecule has 3 unspecified atom stereocenters. The molecule has 1 aromatic carbocycles. The van der Waals surface area contributed by atoms with Crippen LogP contribution in [0.3, 0.4) is 0 Å². The first-order chi connectivity index (χ1) is 13.0. The molecule has 1 aliphatic carbocycles. The van der Waals surface area contributed by atoms with Crippen LogP contribution in [0.25, 0.3) is 0 Å². The van der Waals surface area contributed by atoms with Crippen molar-refractivity contribution in [1.82, 2.24) is 10.2 Å². The summed E-state index contributed by atoms with van der Waals surface area (Å²) in [4.78, 5) is 26.8. The second-order valence-corrected chi connectivity index (χ2v) is 7.06. The normalized spacial score (nSPS) is 23.7. The zero-order valence-electron chi connectivity index (χ0n) is 16.0. The monoisotopic (exact) mass is 377 g/mol. The Balaban J connectivity index is 1.62. The van der Waals surface area contributed by atoms with Gasteiger partial charge in [0, 0.05) is 24.7 Å². The van der Waals surface area contributed by atoms with Gasteiger partial charge in [-0.1, -0.05) is 0 Å². The van der Waals surface area contributed by atoms with E-state index in [0.717, 1.165) is 19.4 Å². The highest BCUT2D eigenvalue weighted by atomic mass is 16.5. The smallest absolute Gasteiger partial charge is 0.251 e. The SMILES string of the molecule is COc1cc(C(=O)NCC(=O)N2CC3CCC(N)C3C2)cc(OC)c1OC. The number of amides is 2. The van der Waals surface area contributed by atoms with Gasteiger partial charge in [0.05, 0.1) is 27.9 Å². The number of hydrogen-bond acceptors (Lipinski definition) is 6. The van der Waals surface area contributed by atoms with Crippen molar-refractivity contribution in [1.29, 1.82) is 0 Å². The lowest BCUT2D eigenvalue weighted by Gasteiger charge is -2.19. The van der Waals surface area contributed by atoms with E-state index in [4.69, 9.17) is 19.9 Å². The summed E-state index contributed by atoms with van der Waals surface area (Å²) in [5.74, 6) is 1.60. The number of carbonyl (C=O) groups is 2. The molecule has 1 aliphatic heterocycles. The Labute approximate surface area is 158 Å². The molecule has 0 aromatic heterocycles. The Morgan fingerprint density at radius 3 is 2.33 bits per heavy atom. The maximum absolute atomic E-state index is 12.5. The third-order valence-electron chi connectivity index (χ3n) is 5.59. The molecular weight excluding hydrogens is 350 g/mol. The van der Waals surface area contributed by atoms with Gasteiger partial charge in [-0.25, -0.2) is 0 Å². The lowest BCUT2D eigenvalue weighted by atomic mass is 9.98. The van der Waals surface area contributed by atoms with Gasteiger partial charge < -0.3 is 30.2 Å². The molecule has 8 heteroatoms. The van der Waals surface area contributed by atoms with Gasteiger partial charge in [-0.15, -0.1) is 0 Å². The molecule has 2 amide bonds. The molecule has 0 bridgehead atoms. The molecule has 3 N–H and O–H groups in total. The standard InChI is InChI=1S/C19H27N3O5/c1-25-15-6-12(7-16(26-2)18(15)27-3)19(24)21-8-17(23)22-9-11-4-5-14(20)13(11)10-22/h6-7,11,13-14H,4-5,8-10,20H2,1-3H3,(H,21,24). The van der Waals surface area contributed by atoms with Crippen LogP contribution in [-0.4, -0.2) is 63.7 Å². The average molecular weight is 377 g/mol. The summed E-state index contributed by atoms with van der Waals surface area (Å²) < 4.78 is 15.8. The molecule has 148 valence electrons. The largest absolute Gasteiger partial charge is 0.493 e. The highest BCUT2D eigenvalue weighted by molar-refractivity contribution is 5.97. The summed E-state index contributed by atoms with van der Waals surface area (Å²) in [6.45, 7) is 1.37. The Bertz CT molecular complexity index is 698. The second-order valence-electron chi connectivity index (χ2n) is 7.06. The van der Waals surface area contributed by atoms with E-state index >= 15 is 0 Å². The van der Waals surface area contributed by atoms with E-state index in [0.29, 0.717) is 41.2 Å². The van der Waals surface area contributed by atoms with Crippen LogP contribution in [0.4, 0.5) is 0 Å². The number of carbonyl (C=O) groups excluding carboxylic acids is 2. The van der Waals surface area contributed by atoms with Crippen molar-refractivity contribution in [3.8, 4) is 17.2 Å². The highest BCUT2D eigenvalue weighted by Crippen LogP contribution is 2.38. The number of nitrogens with two attached hydrogens (primary N) is 1. The van der Waals surface area contributed by atoms with E-state index in [-0.39, 0.29) is 24.4 Å². The summed E-state index contributed by atoms with van der Waals surface area (Å²) in [6, 6.07) is 3.29. The third-order valence-corrected chi connectivity index (χ3v) is 5.59. The van der Waals surface area contributed by atoms with E-state index in [1.165, 1.54) is 21.3 Å². The number of ether oxygens (including phenoxy) is 3. The van der Waals surface area contributed by atoms with Gasteiger partial charge in [0.15, 0.2) is 11.5 Å². The van der Waals surface area contributed by atoms with Crippen LogP contribution in [0.15, 0.2) is 12.1 Å². The van der Waals surface area contributed by atoms with Crippen LogP contribution in [-0.2, 0) is 4.79 Å². The Kier molecular flexibility index (Phi) is 5.74. The van der Waals surface area contributed by atoms with Crippen LogP contribution < -0.4 is 25.3 Å². The number of benzene rings is 1. The summed E-state index contributed by atoms with van der Waals surface area (Å²) >= 11 is 0. The fraction of sp³-hybridized carbons (Fsp3) is 0.579. The zero-order chi connectivity index (χ0) is 19.6. The first-order valence-electron chi connectivity index (χ1n) is 9.10. The summed E-state index contributed by atoms with van der Waals surface area (Å²) in [6.07, 6.45) is 2.11. The van der Waals surface area contributed by atoms with Crippen molar-refractivity contribution < 1.29 is 23.8 Å². The van der Waals surface area contributed by atoms with Crippen molar-refractivity contribution in [3.63, 3.8) is 0 Å². The minimum atomic E-state index is -0.376. The van der Waals surface area contributed by atoms with E-state index < -0.39 is 0 Å². The molecule has 2 fully saturated rings. The van der Waals surface area contributed by atoms with Gasteiger partial charge in [-0.3, -0.25) is 9.59 Å². The van der Waals surface area contributed by atoms with Gasteiger partial charge in [0.25, 0.3) is 5.91 Å². The number of likely N-dealkylation sites (tertiary alicyclic amines) is 1. The van der Waals surface area contributed by atoms with Gasteiger partial charge in [0.2, 0.25) is 11.7 Å². The lowest BCUT2D eigenvalue weighted by Crippen LogP contribution is -2.40. The minimum absolute atomic E-state index is 0.0514. The van der Waals surface area contributed by atoms with E-state index in [1.54, 1.807) is 12.1 Å². The van der Waals surface area contributed by atoms with Crippen LogP contribution in [0.1, 0.15) is 23.2 Å². The second kappa shape index (κ2) is 8.04. The van der Waals surface area contributed by atoms with Crippen molar-refractivity contribution >= 4 is 11.8 Å². The number of hydrogen-bond donors (Lipinski definition) is 2. The zero-order valence-corrected chi connectivity index (χ0v) is 16.0. The molecule has 0 radical (unpaired) electrons. The van der Waals surface area contributed by atoms with Gasteiger partial charge >= 0.3 is 0 Å². The maximum atomic E-state index is 12.5. The number of rotatable bonds is 6. The molecule has 8 nitrogen and oxygen atoms in total. The molecule has 1 aromatic rings. The molecule has 1 saturated heterocycles. The van der Waals surface area contributed by atoms with E-state index in [2.05, 4.69) is 5.32 Å². The van der Waals surface area contributed by atoms with Crippen molar-refractivity contribution in [2.45, 2.75) is 18.9 Å². The number of fused-ring (bicyclic) bond motifs is 1. The molecular formula is C19H27N3O5. The molecule has 1 saturated carbocycles. The lowest BCUT2D eigenvalue weighted by molar-refractivity contribution is -0.129. The first-order valence-corrected chi connectivity index (χ1v) is 9.10. The van der Waals surface area contributed by atoms with Crippen LogP contribution in [0.5, 0.6) is 17.2 Å². The molecule has 0 spiro atoms. The number of nitrogens with zero attached hydrogens (tertiary/aromatic N) is 1. The molecule has 3 atom stereocenters. The maximum Gasteiger partial charge on any atom is 0.251 e. The van der Waals surface area contributed by atoms with Crippen molar-refractivity contribution in [3.05, 3.63) is 17.7 Å². The molecule has 27 heavy (non-hydrogen) atoms. The molecule has 1 heterocycles. The van der Waals surface area contributed by atoms with E-state index in [9.17, 15) is 9.59 Å². The quantitative estimate of drug-likeness (QED) is 0.754. The topological polar surface area (TPSA) is 103 Å². The summed E-state index contributed by atoms with van der Waals surface area (Å²) in [5, 5.41) is 2.68. The van der Waals surface area contributed by atoms with E-state index in [1.807, 2.05) is 4.90 Å². The predicted molar refractivity (Wildman–Crippen MR) is 99.2 cm³/mol. The van der Waals surface area contributed by atoms with Gasteiger partial charge in [-0.2, -0.15) is 0 Å². The molecule has 2 aliphatic rings. The van der Waals surface area contributed by atoms with Crippen molar-refractivity contribution in [2.24, 2.45) is 17.6 Å². The number of methoxy groups -OCH3 is 3. The Morgan fingerprint density at radius 2 is 1.78 bits per heavy atom. The van der Waals surface area contributed by atoms with Gasteiger partial charge in [-0.05, 0) is 36.8 Å². The predicted octanol–water partition coefficient (Wildman–Crippen LogP) is 0.638. The van der Waals surface area contributed by atoms with Crippen LogP contribution >= 0.6 is 0 Å². The molecule has 3 rings (SSSR count). The fourth-order valence-electron chi connectivity index (χ4n) is 4.09. The van der Waals surface area contributed by atoms with Crippen LogP contribution in [0.2, 0.25) is 0 Å². The summed E-state index contributed by atoms with van der Waals surface area (Å²) in [5.41, 5.74) is 6.45. The summed E-state index contributed by atoms with van der Waals surface area (Å²) in [7, 11) is 4.46. The fourth-order valence-corrected chi connectivity index (χ4v) is 4.09. The Morgan fingerprint density at radius 1 is 1.11 bits per heavy atom. The Hall–Kier alpha value is -2.48. The highest BCUT2D eigenvalue weighted by Gasteiger charge is 2.42. The minimum Gasteiger partial charge on any atom is -0.493 e. The van der Waals surface area contributed by atoms with Gasteiger partial charge in [0.1, 0.15) is 0 Å².